The van der Waals surface area contributed by atoms with E-state index in [9.17, 15) is 9.59 Å². The maximum atomic E-state index is 12.5. The number of carbonyl (C=O) groups is 2. The standard InChI is InChI=1S/C24H29ClN4O2/c1-28-14-11-18-15-17(9-10-21(18)28)22(29-12-5-2-6-13-29)16-26-23(30)24(31)27-20-8-4-3-7-19(20)25/h3-4,7-10,15,22H,2,5-6,11-14,16H2,1H3,(H,26,30)(H,27,31)/t22-/m0/s1. The van der Waals surface area contributed by atoms with Gasteiger partial charge in [0, 0.05) is 25.8 Å². The van der Waals surface area contributed by atoms with Crippen molar-refractivity contribution in [2.75, 3.05) is 43.4 Å². The Morgan fingerprint density at radius 2 is 1.81 bits per heavy atom. The Morgan fingerprint density at radius 1 is 1.03 bits per heavy atom. The molecule has 0 aliphatic carbocycles. The first-order chi connectivity index (χ1) is 15.0. The molecule has 7 heteroatoms. The average molecular weight is 441 g/mol. The highest BCUT2D eigenvalue weighted by molar-refractivity contribution is 6.41. The summed E-state index contributed by atoms with van der Waals surface area (Å²) in [5, 5.41) is 5.84. The topological polar surface area (TPSA) is 64.7 Å². The van der Waals surface area contributed by atoms with Crippen LogP contribution in [0.4, 0.5) is 11.4 Å². The van der Waals surface area contributed by atoms with Crippen LogP contribution in [-0.4, -0.2) is 49.9 Å². The van der Waals surface area contributed by atoms with Crippen molar-refractivity contribution >= 4 is 34.8 Å². The Kier molecular flexibility index (Phi) is 6.78. The molecule has 0 saturated carbocycles. The zero-order chi connectivity index (χ0) is 21.8. The molecule has 2 N–H and O–H groups in total. The van der Waals surface area contributed by atoms with Gasteiger partial charge in [0.15, 0.2) is 0 Å². The predicted molar refractivity (Wildman–Crippen MR) is 125 cm³/mol. The summed E-state index contributed by atoms with van der Waals surface area (Å²) in [4.78, 5) is 29.6. The van der Waals surface area contributed by atoms with Crippen molar-refractivity contribution in [1.29, 1.82) is 0 Å². The zero-order valence-corrected chi connectivity index (χ0v) is 18.6. The number of amides is 2. The Labute approximate surface area is 188 Å². The van der Waals surface area contributed by atoms with Crippen LogP contribution in [-0.2, 0) is 16.0 Å². The first kappa shape index (κ1) is 21.7. The van der Waals surface area contributed by atoms with Gasteiger partial charge < -0.3 is 15.5 Å². The van der Waals surface area contributed by atoms with E-state index in [2.05, 4.69) is 45.7 Å². The number of piperidine rings is 1. The Bertz CT molecular complexity index is 958. The highest BCUT2D eigenvalue weighted by Gasteiger charge is 2.26. The van der Waals surface area contributed by atoms with Gasteiger partial charge >= 0.3 is 11.8 Å². The molecule has 0 spiro atoms. The molecule has 2 aromatic rings. The molecule has 0 radical (unpaired) electrons. The van der Waals surface area contributed by atoms with Gasteiger partial charge in [-0.3, -0.25) is 14.5 Å². The largest absolute Gasteiger partial charge is 0.374 e. The zero-order valence-electron chi connectivity index (χ0n) is 17.9. The predicted octanol–water partition coefficient (Wildman–Crippen LogP) is 3.61. The average Bonchev–Trinajstić information content (AvgIpc) is 3.16. The van der Waals surface area contributed by atoms with Crippen LogP contribution in [0.15, 0.2) is 42.5 Å². The minimum atomic E-state index is -0.707. The summed E-state index contributed by atoms with van der Waals surface area (Å²) in [5.74, 6) is -1.36. The first-order valence-corrected chi connectivity index (χ1v) is 11.3. The van der Waals surface area contributed by atoms with E-state index >= 15 is 0 Å². The third kappa shape index (κ3) is 5.02. The van der Waals surface area contributed by atoms with Gasteiger partial charge in [-0.15, -0.1) is 0 Å². The fourth-order valence-electron chi connectivity index (χ4n) is 4.49. The normalized spacial score (nSPS) is 17.2. The van der Waals surface area contributed by atoms with Crippen LogP contribution in [0.5, 0.6) is 0 Å². The van der Waals surface area contributed by atoms with Gasteiger partial charge in [-0.2, -0.15) is 0 Å². The van der Waals surface area contributed by atoms with Crippen LogP contribution in [0, 0.1) is 0 Å². The number of likely N-dealkylation sites (tertiary alicyclic amines) is 1. The molecule has 2 aliphatic rings. The van der Waals surface area contributed by atoms with E-state index in [1.54, 1.807) is 24.3 Å². The number of rotatable bonds is 5. The van der Waals surface area contributed by atoms with E-state index in [1.165, 1.54) is 23.2 Å². The third-order valence-corrected chi connectivity index (χ3v) is 6.56. The van der Waals surface area contributed by atoms with E-state index in [4.69, 9.17) is 11.6 Å². The summed E-state index contributed by atoms with van der Waals surface area (Å²) in [5.41, 5.74) is 4.26. The molecule has 2 aliphatic heterocycles. The lowest BCUT2D eigenvalue weighted by Crippen LogP contribution is -2.43. The summed E-state index contributed by atoms with van der Waals surface area (Å²) in [6, 6.07) is 13.5. The third-order valence-electron chi connectivity index (χ3n) is 6.23. The molecule has 31 heavy (non-hydrogen) atoms. The lowest BCUT2D eigenvalue weighted by Gasteiger charge is -2.35. The number of halogens is 1. The molecule has 4 rings (SSSR count). The highest BCUT2D eigenvalue weighted by atomic mass is 35.5. The van der Waals surface area contributed by atoms with Crippen molar-refractivity contribution in [2.45, 2.75) is 31.7 Å². The number of nitrogens with one attached hydrogen (secondary N) is 2. The molecule has 2 aromatic carbocycles. The number of hydrogen-bond donors (Lipinski definition) is 2. The van der Waals surface area contributed by atoms with Gasteiger partial charge in [0.1, 0.15) is 0 Å². The second-order valence-corrected chi connectivity index (χ2v) is 8.72. The number of anilines is 2. The van der Waals surface area contributed by atoms with Crippen LogP contribution >= 0.6 is 11.6 Å². The number of nitrogens with zero attached hydrogens (tertiary/aromatic N) is 2. The maximum Gasteiger partial charge on any atom is 0.313 e. The van der Waals surface area contributed by atoms with Gasteiger partial charge in [-0.1, -0.05) is 42.3 Å². The summed E-state index contributed by atoms with van der Waals surface area (Å²) in [7, 11) is 2.12. The first-order valence-electron chi connectivity index (χ1n) is 10.9. The molecule has 1 fully saturated rings. The highest BCUT2D eigenvalue weighted by Crippen LogP contribution is 2.32. The smallest absolute Gasteiger partial charge is 0.313 e. The van der Waals surface area contributed by atoms with E-state index in [0.29, 0.717) is 17.3 Å². The van der Waals surface area contributed by atoms with E-state index in [0.717, 1.165) is 38.9 Å². The van der Waals surface area contributed by atoms with Crippen LogP contribution in [0.1, 0.15) is 36.4 Å². The van der Waals surface area contributed by atoms with Gasteiger partial charge in [0.2, 0.25) is 0 Å². The van der Waals surface area contributed by atoms with Crippen LogP contribution in [0.25, 0.3) is 0 Å². The molecule has 164 valence electrons. The lowest BCUT2D eigenvalue weighted by atomic mass is 9.98. The molecular formula is C24H29ClN4O2. The number of likely N-dealkylation sites (N-methyl/N-ethyl adjacent to an activating group) is 1. The van der Waals surface area contributed by atoms with Gasteiger partial charge in [-0.25, -0.2) is 0 Å². The van der Waals surface area contributed by atoms with E-state index < -0.39 is 11.8 Å². The Morgan fingerprint density at radius 3 is 2.58 bits per heavy atom. The molecule has 2 heterocycles. The molecule has 2 amide bonds. The van der Waals surface area contributed by atoms with Crippen molar-refractivity contribution in [3.8, 4) is 0 Å². The van der Waals surface area contributed by atoms with Gasteiger partial charge in [0.05, 0.1) is 16.8 Å². The fourth-order valence-corrected chi connectivity index (χ4v) is 4.68. The van der Waals surface area contributed by atoms with Crippen LogP contribution in [0.3, 0.4) is 0 Å². The Balaban J connectivity index is 1.46. The molecule has 0 aromatic heterocycles. The number of carbonyl (C=O) groups excluding carboxylic acids is 2. The molecule has 6 nitrogen and oxygen atoms in total. The minimum absolute atomic E-state index is 0.0496. The van der Waals surface area contributed by atoms with Crippen molar-refractivity contribution in [1.82, 2.24) is 10.2 Å². The number of hydrogen-bond acceptors (Lipinski definition) is 4. The summed E-state index contributed by atoms with van der Waals surface area (Å²) >= 11 is 6.08. The number of fused-ring (bicyclic) bond motifs is 1. The van der Waals surface area contributed by atoms with Gasteiger partial charge in [0.25, 0.3) is 0 Å². The summed E-state index contributed by atoms with van der Waals surface area (Å²) in [6.45, 7) is 3.43. The van der Waals surface area contributed by atoms with Crippen molar-refractivity contribution < 1.29 is 9.59 Å². The maximum absolute atomic E-state index is 12.5. The molecule has 1 atom stereocenters. The summed E-state index contributed by atoms with van der Waals surface area (Å²) in [6.07, 6.45) is 4.60. The summed E-state index contributed by atoms with van der Waals surface area (Å²) < 4.78 is 0. The van der Waals surface area contributed by atoms with E-state index in [1.807, 2.05) is 0 Å². The quantitative estimate of drug-likeness (QED) is 0.697. The van der Waals surface area contributed by atoms with Crippen LogP contribution < -0.4 is 15.5 Å². The second-order valence-electron chi connectivity index (χ2n) is 8.32. The number of para-hydroxylation sites is 1. The van der Waals surface area contributed by atoms with Crippen molar-refractivity contribution in [3.05, 3.63) is 58.6 Å². The van der Waals surface area contributed by atoms with Crippen molar-refractivity contribution in [2.24, 2.45) is 0 Å². The second kappa shape index (κ2) is 9.71. The molecule has 0 bridgehead atoms. The van der Waals surface area contributed by atoms with E-state index in [-0.39, 0.29) is 6.04 Å². The fraction of sp³-hybridized carbons (Fsp3) is 0.417. The Hall–Kier alpha value is -2.57. The molecule has 1 saturated heterocycles. The van der Waals surface area contributed by atoms with Crippen molar-refractivity contribution in [3.63, 3.8) is 0 Å². The van der Waals surface area contributed by atoms with Crippen LogP contribution in [0.2, 0.25) is 5.02 Å². The SMILES string of the molecule is CN1CCc2cc([C@H](CNC(=O)C(=O)Nc3ccccc3Cl)N3CCCCC3)ccc21. The molecule has 0 unspecified atom stereocenters. The molecular weight excluding hydrogens is 412 g/mol. The lowest BCUT2D eigenvalue weighted by molar-refractivity contribution is -0.136. The number of benzene rings is 2. The minimum Gasteiger partial charge on any atom is -0.374 e. The monoisotopic (exact) mass is 440 g/mol. The van der Waals surface area contributed by atoms with Gasteiger partial charge in [-0.05, 0) is 61.7 Å².